The Balaban J connectivity index is 0.00000264. The fraction of sp³-hybridized carbons (Fsp3) is 0.611. The number of nitrogens with two attached hydrogens (primary N) is 1. The second-order valence-corrected chi connectivity index (χ2v) is 6.68. The summed E-state index contributed by atoms with van der Waals surface area (Å²) in [6.07, 6.45) is 3.77. The van der Waals surface area contributed by atoms with Crippen molar-refractivity contribution in [2.24, 2.45) is 22.6 Å². The average molecular weight is 430 g/mol. The monoisotopic (exact) mass is 430 g/mol. The topological polar surface area (TPSA) is 53.6 Å². The van der Waals surface area contributed by atoms with E-state index in [1.54, 1.807) is 0 Å². The Bertz CT molecular complexity index is 453. The number of hydrogen-bond donors (Lipinski definition) is 2. The lowest BCUT2D eigenvalue weighted by Crippen LogP contribution is -2.36. The Morgan fingerprint density at radius 2 is 1.91 bits per heavy atom. The van der Waals surface area contributed by atoms with E-state index in [-0.39, 0.29) is 24.0 Å². The van der Waals surface area contributed by atoms with Gasteiger partial charge in [0.25, 0.3) is 0 Å². The molecule has 0 aliphatic carbocycles. The summed E-state index contributed by atoms with van der Waals surface area (Å²) in [6.45, 7) is 9.08. The van der Waals surface area contributed by atoms with E-state index in [9.17, 15) is 0 Å². The predicted molar refractivity (Wildman–Crippen MR) is 111 cm³/mol. The summed E-state index contributed by atoms with van der Waals surface area (Å²) in [5.41, 5.74) is 6.95. The molecule has 1 aliphatic rings. The SMILES string of the molecule is CC(C)CCN1CCC(CN=C(N)Nc2ccccc2)CC1.I. The smallest absolute Gasteiger partial charge is 0.193 e. The van der Waals surface area contributed by atoms with E-state index < -0.39 is 0 Å². The molecule has 1 aromatic carbocycles. The Hall–Kier alpha value is -0.820. The zero-order chi connectivity index (χ0) is 15.8. The minimum Gasteiger partial charge on any atom is -0.370 e. The van der Waals surface area contributed by atoms with Crippen LogP contribution in [0.25, 0.3) is 0 Å². The lowest BCUT2D eigenvalue weighted by Gasteiger charge is -2.31. The van der Waals surface area contributed by atoms with Crippen molar-refractivity contribution in [3.05, 3.63) is 30.3 Å². The van der Waals surface area contributed by atoms with Gasteiger partial charge in [-0.05, 0) is 62.9 Å². The van der Waals surface area contributed by atoms with Crippen LogP contribution in [0.15, 0.2) is 35.3 Å². The van der Waals surface area contributed by atoms with Crippen molar-refractivity contribution in [2.75, 3.05) is 31.5 Å². The molecule has 0 amide bonds. The van der Waals surface area contributed by atoms with Crippen molar-refractivity contribution >= 4 is 35.6 Å². The van der Waals surface area contributed by atoms with Crippen molar-refractivity contribution in [1.29, 1.82) is 0 Å². The Morgan fingerprint density at radius 1 is 1.26 bits per heavy atom. The van der Waals surface area contributed by atoms with E-state index >= 15 is 0 Å². The average Bonchev–Trinajstić information content (AvgIpc) is 2.53. The van der Waals surface area contributed by atoms with Gasteiger partial charge in [0, 0.05) is 12.2 Å². The van der Waals surface area contributed by atoms with Crippen LogP contribution in [0.4, 0.5) is 5.69 Å². The quantitative estimate of drug-likeness (QED) is 0.410. The number of aliphatic imine (C=N–C) groups is 1. The molecule has 2 rings (SSSR count). The van der Waals surface area contributed by atoms with Gasteiger partial charge in [0.2, 0.25) is 0 Å². The van der Waals surface area contributed by atoms with Crippen LogP contribution >= 0.6 is 24.0 Å². The molecular weight excluding hydrogens is 399 g/mol. The number of rotatable bonds is 6. The normalized spacial score (nSPS) is 17.1. The van der Waals surface area contributed by atoms with E-state index in [1.807, 2.05) is 30.3 Å². The van der Waals surface area contributed by atoms with Crippen LogP contribution in [-0.4, -0.2) is 37.0 Å². The van der Waals surface area contributed by atoms with Gasteiger partial charge >= 0.3 is 0 Å². The Kier molecular flexibility index (Phi) is 9.55. The third kappa shape index (κ3) is 8.01. The van der Waals surface area contributed by atoms with Crippen molar-refractivity contribution < 1.29 is 0 Å². The summed E-state index contributed by atoms with van der Waals surface area (Å²) in [7, 11) is 0. The van der Waals surface area contributed by atoms with Gasteiger partial charge in [-0.1, -0.05) is 32.0 Å². The van der Waals surface area contributed by atoms with Gasteiger partial charge in [-0.25, -0.2) is 0 Å². The number of nitrogens with zero attached hydrogens (tertiary/aromatic N) is 2. The Morgan fingerprint density at radius 3 is 2.52 bits per heavy atom. The molecular formula is C18H31IN4. The Labute approximate surface area is 157 Å². The summed E-state index contributed by atoms with van der Waals surface area (Å²) in [4.78, 5) is 7.10. The lowest BCUT2D eigenvalue weighted by molar-refractivity contribution is 0.180. The molecule has 1 fully saturated rings. The second-order valence-electron chi connectivity index (χ2n) is 6.68. The minimum atomic E-state index is 0. The summed E-state index contributed by atoms with van der Waals surface area (Å²) in [5.74, 6) is 1.99. The molecule has 0 saturated carbocycles. The fourth-order valence-corrected chi connectivity index (χ4v) is 2.77. The van der Waals surface area contributed by atoms with Crippen LogP contribution < -0.4 is 11.1 Å². The number of para-hydroxylation sites is 1. The van der Waals surface area contributed by atoms with E-state index in [0.29, 0.717) is 11.9 Å². The molecule has 0 bridgehead atoms. The number of anilines is 1. The number of halogens is 1. The molecule has 1 aromatic rings. The van der Waals surface area contributed by atoms with E-state index in [0.717, 1.165) is 18.2 Å². The van der Waals surface area contributed by atoms with Gasteiger partial charge in [-0.3, -0.25) is 4.99 Å². The molecule has 23 heavy (non-hydrogen) atoms. The molecule has 1 heterocycles. The first-order valence-electron chi connectivity index (χ1n) is 8.48. The lowest BCUT2D eigenvalue weighted by atomic mass is 9.96. The highest BCUT2D eigenvalue weighted by Crippen LogP contribution is 2.18. The third-order valence-electron chi connectivity index (χ3n) is 4.30. The molecule has 130 valence electrons. The number of likely N-dealkylation sites (tertiary alicyclic amines) is 1. The number of guanidine groups is 1. The van der Waals surface area contributed by atoms with Crippen LogP contribution in [0.2, 0.25) is 0 Å². The second kappa shape index (κ2) is 10.9. The van der Waals surface area contributed by atoms with Gasteiger partial charge in [-0.15, -0.1) is 24.0 Å². The van der Waals surface area contributed by atoms with Gasteiger partial charge < -0.3 is 16.0 Å². The standard InChI is InChI=1S/C18H30N4.HI/c1-15(2)8-11-22-12-9-16(10-13-22)14-20-18(19)21-17-6-4-3-5-7-17;/h3-7,15-16H,8-14H2,1-2H3,(H3,19,20,21);1H. The van der Waals surface area contributed by atoms with Crippen LogP contribution in [-0.2, 0) is 0 Å². The zero-order valence-electron chi connectivity index (χ0n) is 14.4. The van der Waals surface area contributed by atoms with Gasteiger partial charge in [-0.2, -0.15) is 0 Å². The molecule has 0 atom stereocenters. The third-order valence-corrected chi connectivity index (χ3v) is 4.30. The maximum Gasteiger partial charge on any atom is 0.193 e. The molecule has 4 nitrogen and oxygen atoms in total. The van der Waals surface area contributed by atoms with E-state index in [4.69, 9.17) is 5.73 Å². The van der Waals surface area contributed by atoms with E-state index in [2.05, 4.69) is 29.1 Å². The molecule has 3 N–H and O–H groups in total. The summed E-state index contributed by atoms with van der Waals surface area (Å²) >= 11 is 0. The molecule has 0 aromatic heterocycles. The van der Waals surface area contributed by atoms with Crippen molar-refractivity contribution in [2.45, 2.75) is 33.1 Å². The summed E-state index contributed by atoms with van der Waals surface area (Å²) < 4.78 is 0. The van der Waals surface area contributed by atoms with Crippen molar-refractivity contribution in [3.8, 4) is 0 Å². The predicted octanol–water partition coefficient (Wildman–Crippen LogP) is 3.79. The zero-order valence-corrected chi connectivity index (χ0v) is 16.7. The number of nitrogens with one attached hydrogen (secondary N) is 1. The highest BCUT2D eigenvalue weighted by molar-refractivity contribution is 14.0. The molecule has 0 spiro atoms. The summed E-state index contributed by atoms with van der Waals surface area (Å²) in [6, 6.07) is 9.96. The first-order valence-corrected chi connectivity index (χ1v) is 8.48. The molecule has 0 unspecified atom stereocenters. The largest absolute Gasteiger partial charge is 0.370 e. The number of piperidine rings is 1. The first kappa shape index (κ1) is 20.2. The fourth-order valence-electron chi connectivity index (χ4n) is 2.77. The molecule has 1 aliphatic heterocycles. The van der Waals surface area contributed by atoms with Gasteiger partial charge in [0.1, 0.15) is 0 Å². The van der Waals surface area contributed by atoms with Crippen LogP contribution in [0.5, 0.6) is 0 Å². The maximum atomic E-state index is 5.96. The first-order chi connectivity index (χ1) is 10.6. The molecule has 0 radical (unpaired) electrons. The van der Waals surface area contributed by atoms with E-state index in [1.165, 1.54) is 38.9 Å². The minimum absolute atomic E-state index is 0. The highest BCUT2D eigenvalue weighted by Gasteiger charge is 2.18. The molecule has 1 saturated heterocycles. The number of hydrogen-bond acceptors (Lipinski definition) is 2. The van der Waals surface area contributed by atoms with Crippen LogP contribution in [0, 0.1) is 11.8 Å². The van der Waals surface area contributed by atoms with Gasteiger partial charge in [0.15, 0.2) is 5.96 Å². The van der Waals surface area contributed by atoms with Crippen LogP contribution in [0.3, 0.4) is 0 Å². The molecule has 5 heteroatoms. The van der Waals surface area contributed by atoms with Crippen molar-refractivity contribution in [3.63, 3.8) is 0 Å². The summed E-state index contributed by atoms with van der Waals surface area (Å²) in [5, 5.41) is 3.14. The number of benzene rings is 1. The highest BCUT2D eigenvalue weighted by atomic mass is 127. The maximum absolute atomic E-state index is 5.96. The van der Waals surface area contributed by atoms with Gasteiger partial charge in [0.05, 0.1) is 0 Å². The van der Waals surface area contributed by atoms with Crippen molar-refractivity contribution in [1.82, 2.24) is 4.90 Å². The van der Waals surface area contributed by atoms with Crippen LogP contribution in [0.1, 0.15) is 33.1 Å².